The van der Waals surface area contributed by atoms with Crippen molar-refractivity contribution in [2.45, 2.75) is 20.5 Å². The number of rotatable bonds is 4. The lowest BCUT2D eigenvalue weighted by Gasteiger charge is -2.10. The molecule has 0 saturated heterocycles. The third kappa shape index (κ3) is 4.04. The van der Waals surface area contributed by atoms with Crippen molar-refractivity contribution in [3.63, 3.8) is 0 Å². The summed E-state index contributed by atoms with van der Waals surface area (Å²) in [5.74, 6) is 0.821. The van der Waals surface area contributed by atoms with Crippen LogP contribution in [0.2, 0.25) is 0 Å². The maximum Gasteiger partial charge on any atom is 0.261 e. The number of pyridine rings is 1. The Morgan fingerprint density at radius 1 is 1.12 bits per heavy atom. The van der Waals surface area contributed by atoms with Crippen molar-refractivity contribution >= 4 is 28.3 Å². The van der Waals surface area contributed by atoms with Crippen molar-refractivity contribution in [2.24, 2.45) is 4.99 Å². The zero-order valence-electron chi connectivity index (χ0n) is 18.1. The smallest absolute Gasteiger partial charge is 0.261 e. The summed E-state index contributed by atoms with van der Waals surface area (Å²) < 4.78 is 16.9. The number of hydrogen-bond donors (Lipinski definition) is 2. The summed E-state index contributed by atoms with van der Waals surface area (Å²) in [6.07, 6.45) is 1.57. The van der Waals surface area contributed by atoms with Gasteiger partial charge in [-0.3, -0.25) is 9.78 Å². The van der Waals surface area contributed by atoms with Gasteiger partial charge in [0, 0.05) is 28.9 Å². The molecule has 1 amide bonds. The molecule has 8 heteroatoms. The standard InChI is InChI=1S/C25H21N3O5/c1-14-4-3-5-17(8-14)27-24(30)20-10-19-16(12-29)11-26-15(2)23(19)33-25(20)28-18-6-7-21-22(9-18)32-13-31-21/h3-11,29H,12-13H2,1-2H3,(H,27,30). The van der Waals surface area contributed by atoms with Gasteiger partial charge in [-0.25, -0.2) is 4.99 Å². The van der Waals surface area contributed by atoms with Crippen molar-refractivity contribution in [1.82, 2.24) is 4.98 Å². The number of ether oxygens (including phenoxy) is 2. The maximum atomic E-state index is 13.3. The highest BCUT2D eigenvalue weighted by Crippen LogP contribution is 2.35. The molecule has 2 N–H and O–H groups in total. The van der Waals surface area contributed by atoms with E-state index in [0.29, 0.717) is 45.1 Å². The Bertz CT molecular complexity index is 1460. The molecular formula is C25H21N3O5. The molecule has 0 unspecified atom stereocenters. The molecule has 3 heterocycles. The van der Waals surface area contributed by atoms with Gasteiger partial charge in [0.2, 0.25) is 12.3 Å². The van der Waals surface area contributed by atoms with Crippen LogP contribution in [0.1, 0.15) is 27.2 Å². The molecule has 1 aliphatic rings. The number of carbonyl (C=O) groups is 1. The SMILES string of the molecule is Cc1cccc(NC(=O)c2cc3c(CO)cnc(C)c3oc2=Nc2ccc3c(c2)OCO3)c1. The number of aliphatic hydroxyl groups is 1. The summed E-state index contributed by atoms with van der Waals surface area (Å²) >= 11 is 0. The minimum atomic E-state index is -0.385. The van der Waals surface area contributed by atoms with E-state index in [1.165, 1.54) is 0 Å². The fourth-order valence-corrected chi connectivity index (χ4v) is 3.65. The lowest BCUT2D eigenvalue weighted by Crippen LogP contribution is -2.22. The van der Waals surface area contributed by atoms with E-state index in [1.807, 2.05) is 31.2 Å². The third-order valence-corrected chi connectivity index (χ3v) is 5.33. The lowest BCUT2D eigenvalue weighted by atomic mass is 10.1. The highest BCUT2D eigenvalue weighted by Gasteiger charge is 2.18. The first-order valence-corrected chi connectivity index (χ1v) is 10.4. The number of nitrogens with zero attached hydrogens (tertiary/aromatic N) is 2. The van der Waals surface area contributed by atoms with Gasteiger partial charge in [-0.2, -0.15) is 0 Å². The Kier molecular flexibility index (Phi) is 5.27. The van der Waals surface area contributed by atoms with E-state index in [9.17, 15) is 9.90 Å². The molecule has 33 heavy (non-hydrogen) atoms. The molecule has 0 radical (unpaired) electrons. The predicted octanol–water partition coefficient (Wildman–Crippen LogP) is 4.15. The largest absolute Gasteiger partial charge is 0.454 e. The Labute approximate surface area is 189 Å². The van der Waals surface area contributed by atoms with Crippen LogP contribution in [0.25, 0.3) is 11.0 Å². The summed E-state index contributed by atoms with van der Waals surface area (Å²) in [7, 11) is 0. The van der Waals surface area contributed by atoms with Gasteiger partial charge in [-0.15, -0.1) is 0 Å². The number of aromatic nitrogens is 1. The Hall–Kier alpha value is -4.17. The summed E-state index contributed by atoms with van der Waals surface area (Å²) in [5, 5.41) is 13.3. The molecule has 2 aromatic carbocycles. The average Bonchev–Trinajstić information content (AvgIpc) is 3.27. The van der Waals surface area contributed by atoms with Gasteiger partial charge in [0.1, 0.15) is 5.56 Å². The minimum Gasteiger partial charge on any atom is -0.454 e. The summed E-state index contributed by atoms with van der Waals surface area (Å²) in [5.41, 5.74) is 4.18. The van der Waals surface area contributed by atoms with Crippen molar-refractivity contribution in [3.05, 3.63) is 82.7 Å². The van der Waals surface area contributed by atoms with Crippen LogP contribution in [-0.4, -0.2) is 22.8 Å². The molecule has 166 valence electrons. The van der Waals surface area contributed by atoms with Gasteiger partial charge in [0.05, 0.1) is 18.0 Å². The summed E-state index contributed by atoms with van der Waals surface area (Å²) in [6.45, 7) is 3.66. The normalized spacial score (nSPS) is 12.9. The highest BCUT2D eigenvalue weighted by molar-refractivity contribution is 6.05. The highest BCUT2D eigenvalue weighted by atomic mass is 16.7. The van der Waals surface area contributed by atoms with E-state index in [1.54, 1.807) is 37.4 Å². The molecule has 0 aliphatic carbocycles. The maximum absolute atomic E-state index is 13.3. The van der Waals surface area contributed by atoms with Gasteiger partial charge in [0.15, 0.2) is 17.1 Å². The number of hydrogen-bond acceptors (Lipinski definition) is 7. The molecule has 0 spiro atoms. The van der Waals surface area contributed by atoms with Crippen LogP contribution >= 0.6 is 0 Å². The van der Waals surface area contributed by atoms with Gasteiger partial charge in [-0.1, -0.05) is 12.1 Å². The molecule has 8 nitrogen and oxygen atoms in total. The van der Waals surface area contributed by atoms with Crippen molar-refractivity contribution in [3.8, 4) is 11.5 Å². The monoisotopic (exact) mass is 443 g/mol. The Morgan fingerprint density at radius 2 is 1.97 bits per heavy atom. The summed E-state index contributed by atoms with van der Waals surface area (Å²) in [4.78, 5) is 22.2. The van der Waals surface area contributed by atoms with Crippen LogP contribution in [-0.2, 0) is 6.61 Å². The Morgan fingerprint density at radius 3 is 2.79 bits per heavy atom. The zero-order chi connectivity index (χ0) is 22.9. The molecule has 2 aromatic heterocycles. The Balaban J connectivity index is 1.69. The molecule has 0 saturated carbocycles. The number of benzene rings is 2. The molecule has 4 aromatic rings. The first-order chi connectivity index (χ1) is 16.0. The second kappa shape index (κ2) is 8.40. The van der Waals surface area contributed by atoms with E-state index < -0.39 is 0 Å². The number of carbonyl (C=O) groups excluding carboxylic acids is 1. The number of nitrogens with one attached hydrogen (secondary N) is 1. The molecule has 0 atom stereocenters. The molecule has 0 bridgehead atoms. The number of aryl methyl sites for hydroxylation is 2. The predicted molar refractivity (Wildman–Crippen MR) is 122 cm³/mol. The first-order valence-electron chi connectivity index (χ1n) is 10.4. The van der Waals surface area contributed by atoms with Crippen LogP contribution in [0, 0.1) is 13.8 Å². The number of fused-ring (bicyclic) bond motifs is 2. The number of amides is 1. The van der Waals surface area contributed by atoms with E-state index in [0.717, 1.165) is 5.56 Å². The zero-order valence-corrected chi connectivity index (χ0v) is 18.1. The van der Waals surface area contributed by atoms with E-state index >= 15 is 0 Å². The van der Waals surface area contributed by atoms with Crippen LogP contribution in [0.4, 0.5) is 11.4 Å². The van der Waals surface area contributed by atoms with Crippen LogP contribution < -0.4 is 20.3 Å². The van der Waals surface area contributed by atoms with Crippen LogP contribution in [0.5, 0.6) is 11.5 Å². The van der Waals surface area contributed by atoms with Crippen molar-refractivity contribution < 1.29 is 23.8 Å². The fraction of sp³-hybridized carbons (Fsp3) is 0.160. The minimum absolute atomic E-state index is 0.117. The van der Waals surface area contributed by atoms with Crippen molar-refractivity contribution in [1.29, 1.82) is 0 Å². The number of anilines is 1. The summed E-state index contributed by atoms with van der Waals surface area (Å²) in [6, 6.07) is 14.4. The van der Waals surface area contributed by atoms with E-state index in [-0.39, 0.29) is 30.4 Å². The average molecular weight is 443 g/mol. The van der Waals surface area contributed by atoms with Gasteiger partial charge in [-0.05, 0) is 49.7 Å². The van der Waals surface area contributed by atoms with Crippen molar-refractivity contribution in [2.75, 3.05) is 12.1 Å². The van der Waals surface area contributed by atoms with Crippen LogP contribution in [0.15, 0.2) is 64.1 Å². The molecular weight excluding hydrogens is 422 g/mol. The third-order valence-electron chi connectivity index (χ3n) is 5.33. The number of aliphatic hydroxyl groups excluding tert-OH is 1. The van der Waals surface area contributed by atoms with Gasteiger partial charge >= 0.3 is 0 Å². The van der Waals surface area contributed by atoms with Gasteiger partial charge in [0.25, 0.3) is 5.91 Å². The van der Waals surface area contributed by atoms with E-state index in [2.05, 4.69) is 15.3 Å². The fourth-order valence-electron chi connectivity index (χ4n) is 3.65. The van der Waals surface area contributed by atoms with E-state index in [4.69, 9.17) is 13.9 Å². The van der Waals surface area contributed by atoms with Crippen LogP contribution in [0.3, 0.4) is 0 Å². The first kappa shape index (κ1) is 20.7. The molecule has 5 rings (SSSR count). The topological polar surface area (TPSA) is 106 Å². The van der Waals surface area contributed by atoms with Gasteiger partial charge < -0.3 is 24.3 Å². The quantitative estimate of drug-likeness (QED) is 0.491. The second-order valence-electron chi connectivity index (χ2n) is 7.71. The second-order valence-corrected chi connectivity index (χ2v) is 7.71. The molecule has 1 aliphatic heterocycles. The molecule has 0 fully saturated rings. The lowest BCUT2D eigenvalue weighted by molar-refractivity contribution is 0.102.